The second-order valence-corrected chi connectivity index (χ2v) is 12.9. The molecular formula is C23H24ClN7O8S3. The summed E-state index contributed by atoms with van der Waals surface area (Å²) in [5, 5.41) is 29.1. The molecule has 1 fully saturated rings. The van der Waals surface area contributed by atoms with Crippen LogP contribution < -0.4 is 16.2 Å². The zero-order valence-electron chi connectivity index (χ0n) is 22.4. The van der Waals surface area contributed by atoms with Gasteiger partial charge in [0.25, 0.3) is 17.7 Å². The van der Waals surface area contributed by atoms with Crippen LogP contribution in [-0.2, 0) is 26.2 Å². The minimum Gasteiger partial charge on any atom is -0.488 e. The summed E-state index contributed by atoms with van der Waals surface area (Å²) in [5.74, 6) is -3.13. The van der Waals surface area contributed by atoms with Gasteiger partial charge in [0.2, 0.25) is 0 Å². The number of fused-ring (bicyclic) bond motifs is 1. The standard InChI is InChI=1S/C23H24ClN7O8S3/c1-23(2,3)39-22(38)28-20-25-11(8-41-20)10(5-24)14(32)26-12-17(35)31-13(19(36)37)9(6-40-18(12)31)7-42-21-27-15(33)16(34)29-30(21)4/h5,8,12,18H,6-7H2,1-4H3,(H,26,32)(H,29,34)(H,36,37)(H,25,28,38)/b10-5+/t12?,18-/m1/s1. The van der Waals surface area contributed by atoms with Crippen molar-refractivity contribution in [2.24, 2.45) is 7.05 Å². The van der Waals surface area contributed by atoms with E-state index in [1.165, 1.54) is 28.9 Å². The fourth-order valence-corrected chi connectivity index (χ4v) is 7.09. The number of aromatic hydroxyl groups is 1. The normalized spacial score (nSPS) is 18.7. The van der Waals surface area contributed by atoms with Crippen molar-refractivity contribution in [3.8, 4) is 5.88 Å². The third-order valence-corrected chi connectivity index (χ3v) is 8.99. The zero-order valence-corrected chi connectivity index (χ0v) is 25.6. The molecular weight excluding hydrogens is 634 g/mol. The van der Waals surface area contributed by atoms with E-state index in [-0.39, 0.29) is 38.8 Å². The minimum atomic E-state index is -1.33. The molecule has 2 atom stereocenters. The molecule has 4 heterocycles. The van der Waals surface area contributed by atoms with E-state index in [4.69, 9.17) is 16.3 Å². The number of thiazole rings is 1. The molecule has 0 bridgehead atoms. The van der Waals surface area contributed by atoms with Gasteiger partial charge >= 0.3 is 17.6 Å². The van der Waals surface area contributed by atoms with Crippen molar-refractivity contribution in [2.45, 2.75) is 42.9 Å². The average molecular weight is 658 g/mol. The number of aromatic nitrogens is 4. The van der Waals surface area contributed by atoms with Gasteiger partial charge in [-0.1, -0.05) is 23.4 Å². The Balaban J connectivity index is 1.43. The Labute approximate surface area is 255 Å². The van der Waals surface area contributed by atoms with Gasteiger partial charge < -0.3 is 20.3 Å². The lowest BCUT2D eigenvalue weighted by Crippen LogP contribution is -2.70. The number of carboxylic acids is 1. The number of nitrogens with one attached hydrogen (secondary N) is 2. The fraction of sp³-hybridized carbons (Fsp3) is 0.391. The second kappa shape index (κ2) is 12.3. The van der Waals surface area contributed by atoms with Crippen molar-refractivity contribution in [3.05, 3.63) is 38.2 Å². The van der Waals surface area contributed by atoms with Crippen LogP contribution >= 0.6 is 46.5 Å². The van der Waals surface area contributed by atoms with Crippen LogP contribution in [-0.4, -0.2) is 87.3 Å². The maximum Gasteiger partial charge on any atom is 0.413 e. The largest absolute Gasteiger partial charge is 0.488 e. The highest BCUT2D eigenvalue weighted by Gasteiger charge is 2.54. The molecule has 0 radical (unpaired) electrons. The zero-order chi connectivity index (χ0) is 30.9. The average Bonchev–Trinajstić information content (AvgIpc) is 3.34. The molecule has 0 spiro atoms. The number of hydrogen-bond acceptors (Lipinski definition) is 13. The number of halogens is 1. The van der Waals surface area contributed by atoms with Gasteiger partial charge in [0.15, 0.2) is 10.3 Å². The summed E-state index contributed by atoms with van der Waals surface area (Å²) >= 11 is 9.23. The molecule has 2 aromatic rings. The Morgan fingerprint density at radius 1 is 1.29 bits per heavy atom. The van der Waals surface area contributed by atoms with Crippen LogP contribution in [0.1, 0.15) is 26.5 Å². The van der Waals surface area contributed by atoms with Crippen molar-refractivity contribution >= 4 is 81.0 Å². The van der Waals surface area contributed by atoms with E-state index in [2.05, 4.69) is 25.7 Å². The van der Waals surface area contributed by atoms with Gasteiger partial charge in [-0.25, -0.2) is 19.3 Å². The van der Waals surface area contributed by atoms with Crippen molar-refractivity contribution in [2.75, 3.05) is 16.8 Å². The summed E-state index contributed by atoms with van der Waals surface area (Å²) in [5.41, 5.74) is -0.376. The third-order valence-electron chi connectivity index (χ3n) is 5.56. The molecule has 3 amide bonds. The number of carbonyl (C=O) groups is 4. The van der Waals surface area contributed by atoms with Gasteiger partial charge in [-0.2, -0.15) is 4.98 Å². The maximum atomic E-state index is 13.1. The van der Waals surface area contributed by atoms with Gasteiger partial charge in [0.05, 0.1) is 11.3 Å². The molecule has 15 nitrogen and oxygen atoms in total. The Bertz CT molecular complexity index is 1580. The first-order valence-electron chi connectivity index (χ1n) is 11.9. The molecule has 4 rings (SSSR count). The minimum absolute atomic E-state index is 0.0658. The number of aliphatic carboxylic acids is 1. The molecule has 0 saturated carbocycles. The second-order valence-electron chi connectivity index (χ2n) is 9.74. The van der Waals surface area contributed by atoms with E-state index in [1.807, 2.05) is 0 Å². The molecule has 2 aliphatic heterocycles. The van der Waals surface area contributed by atoms with E-state index >= 15 is 0 Å². The van der Waals surface area contributed by atoms with Gasteiger partial charge in [-0.3, -0.25) is 24.6 Å². The summed E-state index contributed by atoms with van der Waals surface area (Å²) in [6.07, 6.45) is -0.723. The van der Waals surface area contributed by atoms with E-state index < -0.39 is 52.3 Å². The van der Waals surface area contributed by atoms with Crippen LogP contribution in [0.5, 0.6) is 5.88 Å². The highest BCUT2D eigenvalue weighted by molar-refractivity contribution is 8.01. The quantitative estimate of drug-likeness (QED) is 0.182. The Hall–Kier alpha value is -3.61. The van der Waals surface area contributed by atoms with Crippen molar-refractivity contribution < 1.29 is 34.1 Å². The summed E-state index contributed by atoms with van der Waals surface area (Å²) in [7, 11) is 1.46. The first-order chi connectivity index (χ1) is 19.7. The molecule has 1 unspecified atom stereocenters. The van der Waals surface area contributed by atoms with Crippen molar-refractivity contribution in [1.29, 1.82) is 0 Å². The summed E-state index contributed by atoms with van der Waals surface area (Å²) < 4.78 is 6.37. The number of carbonyl (C=O) groups excluding carboxylic acids is 3. The molecule has 1 saturated heterocycles. The van der Waals surface area contributed by atoms with Crippen molar-refractivity contribution in [1.82, 2.24) is 30.0 Å². The van der Waals surface area contributed by atoms with Crippen LogP contribution in [0.15, 0.2) is 32.1 Å². The predicted molar refractivity (Wildman–Crippen MR) is 155 cm³/mol. The number of hydrogen-bond donors (Lipinski definition) is 4. The molecule has 2 aliphatic rings. The number of ether oxygens (including phenoxy) is 1. The SMILES string of the molecule is Cn1nc(O)c(=O)nc1SCC1=C(C(=O)O)N2C(=O)C(NC(=O)/C(=C/Cl)c3csc(NC(=O)OC(C)(C)C)n3)[C@H]2SC1. The fourth-order valence-electron chi connectivity index (χ4n) is 3.80. The number of anilines is 1. The highest BCUT2D eigenvalue weighted by Crippen LogP contribution is 2.41. The molecule has 19 heteroatoms. The Morgan fingerprint density at radius 3 is 2.64 bits per heavy atom. The van der Waals surface area contributed by atoms with Crippen LogP contribution in [0.2, 0.25) is 0 Å². The van der Waals surface area contributed by atoms with E-state index in [9.17, 15) is 34.2 Å². The smallest absolute Gasteiger partial charge is 0.413 e. The van der Waals surface area contributed by atoms with Gasteiger partial charge in [-0.05, 0) is 26.3 Å². The molecule has 4 N–H and O–H groups in total. The monoisotopic (exact) mass is 657 g/mol. The summed E-state index contributed by atoms with van der Waals surface area (Å²) in [6, 6.07) is -1.03. The number of nitrogens with zero attached hydrogens (tertiary/aromatic N) is 5. The van der Waals surface area contributed by atoms with Gasteiger partial charge in [0.1, 0.15) is 22.7 Å². The molecule has 0 aliphatic carbocycles. The number of thioether (sulfide) groups is 2. The van der Waals surface area contributed by atoms with E-state index in [1.54, 1.807) is 20.8 Å². The third kappa shape index (κ3) is 6.71. The molecule has 224 valence electrons. The van der Waals surface area contributed by atoms with E-state index in [0.29, 0.717) is 5.57 Å². The predicted octanol–water partition coefficient (Wildman–Crippen LogP) is 1.79. The highest BCUT2D eigenvalue weighted by atomic mass is 35.5. The van der Waals surface area contributed by atoms with E-state index in [0.717, 1.165) is 33.5 Å². The Morgan fingerprint density at radius 2 is 2.00 bits per heavy atom. The summed E-state index contributed by atoms with van der Waals surface area (Å²) in [6.45, 7) is 5.12. The van der Waals surface area contributed by atoms with Crippen molar-refractivity contribution in [3.63, 3.8) is 0 Å². The number of aryl methyl sites for hydroxylation is 1. The van der Waals surface area contributed by atoms with Gasteiger partial charge in [0, 0.05) is 29.5 Å². The lowest BCUT2D eigenvalue weighted by Gasteiger charge is -2.49. The number of rotatable bonds is 8. The van der Waals surface area contributed by atoms with Crippen LogP contribution in [0.3, 0.4) is 0 Å². The number of β-lactam (4-membered cyclic amide) rings is 1. The molecule has 0 aromatic carbocycles. The maximum absolute atomic E-state index is 13.1. The number of carboxylic acid groups (broad SMARTS) is 1. The first-order valence-corrected chi connectivity index (χ1v) is 15.3. The van der Waals surface area contributed by atoms with Crippen LogP contribution in [0, 0.1) is 0 Å². The number of amides is 3. The first kappa shape index (κ1) is 31.3. The topological polar surface area (TPSA) is 206 Å². The van der Waals surface area contributed by atoms with Crippen LogP contribution in [0.4, 0.5) is 9.93 Å². The molecule has 2 aromatic heterocycles. The van der Waals surface area contributed by atoms with Crippen LogP contribution in [0.25, 0.3) is 5.57 Å². The Kier molecular flexibility index (Phi) is 9.19. The lowest BCUT2D eigenvalue weighted by molar-refractivity contribution is -0.150. The molecule has 42 heavy (non-hydrogen) atoms. The lowest BCUT2D eigenvalue weighted by atomic mass is 10.0. The van der Waals surface area contributed by atoms with Gasteiger partial charge in [-0.15, -0.1) is 28.2 Å². The summed E-state index contributed by atoms with van der Waals surface area (Å²) in [4.78, 5) is 71.0.